The average Bonchev–Trinajstić information content (AvgIpc) is 2.69. The lowest BCUT2D eigenvalue weighted by molar-refractivity contribution is -0.119. The Labute approximate surface area is 152 Å². The van der Waals surface area contributed by atoms with Gasteiger partial charge in [0.05, 0.1) is 25.3 Å². The fraction of sp³-hybridized carbons (Fsp3) is 0.286. The van der Waals surface area contributed by atoms with Crippen molar-refractivity contribution in [2.24, 2.45) is 0 Å². The van der Waals surface area contributed by atoms with Crippen LogP contribution < -0.4 is 0 Å². The van der Waals surface area contributed by atoms with Gasteiger partial charge >= 0.3 is 11.9 Å². The van der Waals surface area contributed by atoms with Gasteiger partial charge in [0.15, 0.2) is 0 Å². The van der Waals surface area contributed by atoms with E-state index in [-0.39, 0.29) is 5.78 Å². The lowest BCUT2D eigenvalue weighted by Gasteiger charge is -2.09. The molecule has 0 aliphatic heterocycles. The molecule has 0 radical (unpaired) electrons. The van der Waals surface area contributed by atoms with Crippen molar-refractivity contribution < 1.29 is 23.9 Å². The average molecular weight is 354 g/mol. The van der Waals surface area contributed by atoms with Gasteiger partial charge in [0.25, 0.3) is 0 Å². The zero-order valence-electron chi connectivity index (χ0n) is 15.0. The van der Waals surface area contributed by atoms with Crippen LogP contribution >= 0.6 is 0 Å². The summed E-state index contributed by atoms with van der Waals surface area (Å²) in [6, 6.07) is 14.2. The van der Waals surface area contributed by atoms with Gasteiger partial charge in [-0.1, -0.05) is 36.4 Å². The third-order valence-electron chi connectivity index (χ3n) is 4.19. The van der Waals surface area contributed by atoms with Crippen LogP contribution in [0.15, 0.2) is 48.5 Å². The van der Waals surface area contributed by atoms with Crippen molar-refractivity contribution in [3.8, 4) is 0 Å². The summed E-state index contributed by atoms with van der Waals surface area (Å²) in [6.07, 6.45) is 1.61. The number of methoxy groups -OCH3 is 2. The fourth-order valence-corrected chi connectivity index (χ4v) is 2.77. The number of hydrogen-bond donors (Lipinski definition) is 0. The van der Waals surface area contributed by atoms with Gasteiger partial charge in [-0.15, -0.1) is 0 Å². The van der Waals surface area contributed by atoms with Crippen LogP contribution in [0.3, 0.4) is 0 Å². The van der Waals surface area contributed by atoms with E-state index in [1.165, 1.54) is 14.2 Å². The molecule has 136 valence electrons. The Bertz CT molecular complexity index is 729. The minimum atomic E-state index is -0.403. The standard InChI is InChI=1S/C21H22O5/c1-25-20(23)18-9-5-3-7-15(18)11-13-17(22)14-12-16-8-4-6-10-19(16)21(24)26-2/h3-10H,11-14H2,1-2H3. The molecule has 0 bridgehead atoms. The van der Waals surface area contributed by atoms with Crippen LogP contribution in [0.1, 0.15) is 44.7 Å². The van der Waals surface area contributed by atoms with Gasteiger partial charge in [-0.3, -0.25) is 4.79 Å². The molecule has 0 aliphatic carbocycles. The molecule has 0 saturated heterocycles. The summed E-state index contributed by atoms with van der Waals surface area (Å²) in [5.41, 5.74) is 2.56. The van der Waals surface area contributed by atoms with E-state index in [1.54, 1.807) is 24.3 Å². The summed E-state index contributed by atoms with van der Waals surface area (Å²) in [5.74, 6) is -0.732. The zero-order valence-corrected chi connectivity index (χ0v) is 15.0. The number of carbonyl (C=O) groups excluding carboxylic acids is 3. The van der Waals surface area contributed by atoms with Crippen molar-refractivity contribution in [3.05, 3.63) is 70.8 Å². The lowest BCUT2D eigenvalue weighted by Crippen LogP contribution is -2.09. The Kier molecular flexibility index (Phi) is 7.09. The van der Waals surface area contributed by atoms with E-state index < -0.39 is 11.9 Å². The highest BCUT2D eigenvalue weighted by Gasteiger charge is 2.14. The van der Waals surface area contributed by atoms with E-state index in [0.717, 1.165) is 11.1 Å². The maximum absolute atomic E-state index is 12.3. The number of aryl methyl sites for hydroxylation is 2. The third-order valence-corrected chi connectivity index (χ3v) is 4.19. The van der Waals surface area contributed by atoms with Crippen LogP contribution in [-0.2, 0) is 27.1 Å². The van der Waals surface area contributed by atoms with E-state index in [2.05, 4.69) is 0 Å². The third kappa shape index (κ3) is 5.02. The molecule has 0 aliphatic rings. The summed E-state index contributed by atoms with van der Waals surface area (Å²) in [6.45, 7) is 0. The van der Waals surface area contributed by atoms with Gasteiger partial charge in [0, 0.05) is 12.8 Å². The normalized spacial score (nSPS) is 10.2. The molecule has 0 saturated carbocycles. The fourth-order valence-electron chi connectivity index (χ4n) is 2.77. The predicted octanol–water partition coefficient (Wildman–Crippen LogP) is 3.39. The number of benzene rings is 2. The lowest BCUT2D eigenvalue weighted by atomic mass is 9.97. The van der Waals surface area contributed by atoms with Crippen LogP contribution in [-0.4, -0.2) is 31.9 Å². The van der Waals surface area contributed by atoms with E-state index in [4.69, 9.17) is 9.47 Å². The van der Waals surface area contributed by atoms with Gasteiger partial charge in [0.2, 0.25) is 0 Å². The van der Waals surface area contributed by atoms with Crippen LogP contribution in [0.5, 0.6) is 0 Å². The highest BCUT2D eigenvalue weighted by molar-refractivity contribution is 5.92. The second-order valence-electron chi connectivity index (χ2n) is 5.84. The molecule has 0 aromatic heterocycles. The number of carbonyl (C=O) groups is 3. The van der Waals surface area contributed by atoms with Crippen LogP contribution in [0.4, 0.5) is 0 Å². The monoisotopic (exact) mass is 354 g/mol. The summed E-state index contributed by atoms with van der Waals surface area (Å²) in [5, 5.41) is 0. The van der Waals surface area contributed by atoms with Crippen LogP contribution in [0.2, 0.25) is 0 Å². The first-order chi connectivity index (χ1) is 12.6. The molecule has 0 heterocycles. The van der Waals surface area contributed by atoms with Gasteiger partial charge in [-0.2, -0.15) is 0 Å². The second-order valence-corrected chi connectivity index (χ2v) is 5.84. The maximum Gasteiger partial charge on any atom is 0.338 e. The quantitative estimate of drug-likeness (QED) is 0.680. The minimum absolute atomic E-state index is 0.0735. The molecule has 0 atom stereocenters. The Balaban J connectivity index is 1.95. The first-order valence-corrected chi connectivity index (χ1v) is 8.41. The summed E-state index contributed by atoms with van der Waals surface area (Å²) < 4.78 is 9.54. The summed E-state index contributed by atoms with van der Waals surface area (Å²) >= 11 is 0. The van der Waals surface area contributed by atoms with Crippen molar-refractivity contribution in [1.29, 1.82) is 0 Å². The van der Waals surface area contributed by atoms with Crippen molar-refractivity contribution in [1.82, 2.24) is 0 Å². The SMILES string of the molecule is COC(=O)c1ccccc1CCC(=O)CCc1ccccc1C(=O)OC. The van der Waals surface area contributed by atoms with Gasteiger partial charge < -0.3 is 9.47 Å². The molecule has 5 heteroatoms. The van der Waals surface area contributed by atoms with Gasteiger partial charge in [-0.25, -0.2) is 9.59 Å². The smallest absolute Gasteiger partial charge is 0.338 e. The molecule has 5 nitrogen and oxygen atoms in total. The molecule has 0 spiro atoms. The molecule has 2 rings (SSSR count). The largest absolute Gasteiger partial charge is 0.465 e. The molecule has 26 heavy (non-hydrogen) atoms. The van der Waals surface area contributed by atoms with Crippen molar-refractivity contribution >= 4 is 17.7 Å². The Morgan fingerprint density at radius 1 is 0.692 bits per heavy atom. The first kappa shape index (κ1) is 19.4. The number of ketones is 1. The van der Waals surface area contributed by atoms with Gasteiger partial charge in [-0.05, 0) is 36.1 Å². The summed E-state index contributed by atoms with van der Waals surface area (Å²) in [4.78, 5) is 35.8. The molecule has 2 aromatic rings. The molecule has 0 amide bonds. The Hall–Kier alpha value is -2.95. The molecule has 0 N–H and O–H groups in total. The number of rotatable bonds is 8. The topological polar surface area (TPSA) is 69.7 Å². The van der Waals surface area contributed by atoms with E-state index in [9.17, 15) is 14.4 Å². The number of hydrogen-bond acceptors (Lipinski definition) is 5. The molecule has 0 fully saturated rings. The summed E-state index contributed by atoms with van der Waals surface area (Å²) in [7, 11) is 2.67. The van der Waals surface area contributed by atoms with Crippen LogP contribution in [0, 0.1) is 0 Å². The number of Topliss-reactive ketones (excluding diaryl/α,β-unsaturated/α-hetero) is 1. The van der Waals surface area contributed by atoms with Crippen molar-refractivity contribution in [3.63, 3.8) is 0 Å². The molecule has 0 unspecified atom stereocenters. The number of esters is 2. The predicted molar refractivity (Wildman–Crippen MR) is 97.2 cm³/mol. The van der Waals surface area contributed by atoms with E-state index in [1.807, 2.05) is 24.3 Å². The minimum Gasteiger partial charge on any atom is -0.465 e. The second kappa shape index (κ2) is 9.51. The van der Waals surface area contributed by atoms with Crippen molar-refractivity contribution in [2.45, 2.75) is 25.7 Å². The highest BCUT2D eigenvalue weighted by Crippen LogP contribution is 2.16. The number of ether oxygens (including phenoxy) is 2. The zero-order chi connectivity index (χ0) is 18.9. The Morgan fingerprint density at radius 3 is 1.46 bits per heavy atom. The van der Waals surface area contributed by atoms with Crippen molar-refractivity contribution in [2.75, 3.05) is 14.2 Å². The Morgan fingerprint density at radius 2 is 1.08 bits per heavy atom. The maximum atomic E-state index is 12.3. The molecular formula is C21H22O5. The van der Waals surface area contributed by atoms with E-state index >= 15 is 0 Å². The first-order valence-electron chi connectivity index (χ1n) is 8.41. The molecule has 2 aromatic carbocycles. The van der Waals surface area contributed by atoms with Crippen LogP contribution in [0.25, 0.3) is 0 Å². The van der Waals surface area contributed by atoms with E-state index in [0.29, 0.717) is 36.8 Å². The highest BCUT2D eigenvalue weighted by atomic mass is 16.5. The molecular weight excluding hydrogens is 332 g/mol. The van der Waals surface area contributed by atoms with Gasteiger partial charge in [0.1, 0.15) is 5.78 Å².